The van der Waals surface area contributed by atoms with E-state index in [0.717, 1.165) is 19.3 Å². The molecular weight excluding hydrogens is 218 g/mol. The van der Waals surface area contributed by atoms with Crippen molar-refractivity contribution >= 4 is 11.9 Å². The van der Waals surface area contributed by atoms with Gasteiger partial charge in [0, 0.05) is 12.5 Å². The average molecular weight is 241 g/mol. The fraction of sp³-hybridized carbons (Fsp3) is 0.846. The first-order valence-electron chi connectivity index (χ1n) is 6.47. The number of amides is 1. The van der Waals surface area contributed by atoms with Gasteiger partial charge in [-0.2, -0.15) is 0 Å². The van der Waals surface area contributed by atoms with Crippen molar-refractivity contribution in [3.05, 3.63) is 0 Å². The zero-order valence-corrected chi connectivity index (χ0v) is 11.0. The van der Waals surface area contributed by atoms with Gasteiger partial charge in [-0.05, 0) is 24.7 Å². The zero-order chi connectivity index (χ0) is 13.0. The molecule has 0 radical (unpaired) electrons. The van der Waals surface area contributed by atoms with Crippen LogP contribution in [0.3, 0.4) is 0 Å². The van der Waals surface area contributed by atoms with Crippen LogP contribution in [0.1, 0.15) is 46.5 Å². The minimum Gasteiger partial charge on any atom is -0.480 e. The number of carbonyl (C=O) groups excluding carboxylic acids is 1. The Hall–Kier alpha value is -1.06. The normalized spacial score (nSPS) is 16.9. The van der Waals surface area contributed by atoms with Gasteiger partial charge in [-0.1, -0.05) is 27.2 Å². The Balaban J connectivity index is 2.55. The molecule has 1 amide bonds. The molecule has 0 aromatic carbocycles. The van der Waals surface area contributed by atoms with Crippen molar-refractivity contribution in [3.63, 3.8) is 0 Å². The molecule has 1 aliphatic carbocycles. The van der Waals surface area contributed by atoms with Gasteiger partial charge in [0.25, 0.3) is 0 Å². The topological polar surface area (TPSA) is 57.6 Å². The van der Waals surface area contributed by atoms with Crippen LogP contribution in [0.15, 0.2) is 0 Å². The van der Waals surface area contributed by atoms with Gasteiger partial charge in [0.2, 0.25) is 5.91 Å². The molecule has 0 aromatic heterocycles. The number of aliphatic carboxylic acids is 1. The predicted molar refractivity (Wildman–Crippen MR) is 65.6 cm³/mol. The second-order valence-corrected chi connectivity index (χ2v) is 5.26. The van der Waals surface area contributed by atoms with Crippen LogP contribution < -0.4 is 0 Å². The van der Waals surface area contributed by atoms with Gasteiger partial charge in [-0.15, -0.1) is 0 Å². The first-order chi connectivity index (χ1) is 7.95. The van der Waals surface area contributed by atoms with E-state index in [1.54, 1.807) is 4.90 Å². The van der Waals surface area contributed by atoms with Gasteiger partial charge < -0.3 is 10.0 Å². The van der Waals surface area contributed by atoms with Crippen molar-refractivity contribution in [3.8, 4) is 0 Å². The molecule has 0 spiro atoms. The molecule has 98 valence electrons. The van der Waals surface area contributed by atoms with Crippen molar-refractivity contribution in [1.29, 1.82) is 0 Å². The van der Waals surface area contributed by atoms with Crippen molar-refractivity contribution in [2.75, 3.05) is 6.54 Å². The maximum absolute atomic E-state index is 12.1. The molecule has 4 nitrogen and oxygen atoms in total. The van der Waals surface area contributed by atoms with E-state index < -0.39 is 5.97 Å². The molecule has 1 atom stereocenters. The Morgan fingerprint density at radius 3 is 2.29 bits per heavy atom. The van der Waals surface area contributed by atoms with E-state index in [2.05, 4.69) is 20.8 Å². The van der Waals surface area contributed by atoms with E-state index in [4.69, 9.17) is 5.11 Å². The quantitative estimate of drug-likeness (QED) is 0.743. The summed E-state index contributed by atoms with van der Waals surface area (Å²) in [6.07, 6.45) is 3.36. The van der Waals surface area contributed by atoms with Gasteiger partial charge in [0.05, 0.1) is 0 Å². The molecule has 0 aromatic rings. The molecule has 1 N–H and O–H groups in total. The van der Waals surface area contributed by atoms with Crippen LogP contribution in [0.2, 0.25) is 0 Å². The number of hydrogen-bond acceptors (Lipinski definition) is 2. The standard InChI is InChI=1S/C13H23NO3/c1-4-10(9(2)3)7-12(15)14(8-13(16)17)11-5-6-11/h9-11H,4-8H2,1-3H3,(H,16,17). The smallest absolute Gasteiger partial charge is 0.323 e. The Labute approximate surface area is 103 Å². The lowest BCUT2D eigenvalue weighted by Gasteiger charge is -2.25. The van der Waals surface area contributed by atoms with E-state index in [0.29, 0.717) is 18.3 Å². The summed E-state index contributed by atoms with van der Waals surface area (Å²) in [6, 6.07) is 0.184. The van der Waals surface area contributed by atoms with Crippen molar-refractivity contribution in [1.82, 2.24) is 4.90 Å². The largest absolute Gasteiger partial charge is 0.480 e. The summed E-state index contributed by atoms with van der Waals surface area (Å²) in [6.45, 7) is 6.16. The SMILES string of the molecule is CCC(CC(=O)N(CC(=O)O)C1CC1)C(C)C. The molecule has 1 fully saturated rings. The summed E-state index contributed by atoms with van der Waals surface area (Å²) in [5.74, 6) is -0.0781. The second-order valence-electron chi connectivity index (χ2n) is 5.26. The Bertz CT molecular complexity index is 284. The second kappa shape index (κ2) is 6.03. The van der Waals surface area contributed by atoms with Gasteiger partial charge in [0.15, 0.2) is 0 Å². The highest BCUT2D eigenvalue weighted by Crippen LogP contribution is 2.29. The molecule has 0 saturated heterocycles. The Morgan fingerprint density at radius 2 is 1.94 bits per heavy atom. The van der Waals surface area contributed by atoms with E-state index >= 15 is 0 Å². The van der Waals surface area contributed by atoms with E-state index in [1.807, 2.05) is 0 Å². The maximum atomic E-state index is 12.1. The summed E-state index contributed by atoms with van der Waals surface area (Å²) in [5, 5.41) is 8.82. The van der Waals surface area contributed by atoms with Crippen molar-refractivity contribution < 1.29 is 14.7 Å². The van der Waals surface area contributed by atoms with E-state index in [-0.39, 0.29) is 18.5 Å². The minimum absolute atomic E-state index is 0.00968. The molecule has 0 bridgehead atoms. The molecule has 0 heterocycles. The average Bonchev–Trinajstić information content (AvgIpc) is 3.05. The fourth-order valence-electron chi connectivity index (χ4n) is 2.15. The summed E-state index contributed by atoms with van der Waals surface area (Å²) < 4.78 is 0. The van der Waals surface area contributed by atoms with Crippen LogP contribution in [-0.2, 0) is 9.59 Å². The Morgan fingerprint density at radius 1 is 1.35 bits per heavy atom. The highest BCUT2D eigenvalue weighted by atomic mass is 16.4. The highest BCUT2D eigenvalue weighted by Gasteiger charge is 2.34. The van der Waals surface area contributed by atoms with Gasteiger partial charge in [-0.3, -0.25) is 9.59 Å². The summed E-state index contributed by atoms with van der Waals surface area (Å²) in [7, 11) is 0. The number of carbonyl (C=O) groups is 2. The Kier molecular flexibility index (Phi) is 4.97. The van der Waals surface area contributed by atoms with Gasteiger partial charge in [0.1, 0.15) is 6.54 Å². The molecule has 17 heavy (non-hydrogen) atoms. The third kappa shape index (κ3) is 4.36. The summed E-state index contributed by atoms with van der Waals surface area (Å²) in [5.41, 5.74) is 0. The van der Waals surface area contributed by atoms with Crippen molar-refractivity contribution in [2.45, 2.75) is 52.5 Å². The lowest BCUT2D eigenvalue weighted by molar-refractivity contribution is -0.145. The van der Waals surface area contributed by atoms with Gasteiger partial charge >= 0.3 is 5.97 Å². The summed E-state index contributed by atoms with van der Waals surface area (Å²) >= 11 is 0. The fourth-order valence-corrected chi connectivity index (χ4v) is 2.15. The lowest BCUT2D eigenvalue weighted by Crippen LogP contribution is -2.38. The van der Waals surface area contributed by atoms with Crippen molar-refractivity contribution in [2.24, 2.45) is 11.8 Å². The van der Waals surface area contributed by atoms with E-state index in [1.165, 1.54) is 0 Å². The number of hydrogen-bond donors (Lipinski definition) is 1. The number of carboxylic acids is 1. The monoisotopic (exact) mass is 241 g/mol. The van der Waals surface area contributed by atoms with Gasteiger partial charge in [-0.25, -0.2) is 0 Å². The predicted octanol–water partition coefficient (Wildman–Crippen LogP) is 2.13. The van der Waals surface area contributed by atoms with Crippen LogP contribution >= 0.6 is 0 Å². The van der Waals surface area contributed by atoms with E-state index in [9.17, 15) is 9.59 Å². The van der Waals surface area contributed by atoms with Crippen LogP contribution in [0.5, 0.6) is 0 Å². The molecule has 1 saturated carbocycles. The maximum Gasteiger partial charge on any atom is 0.323 e. The number of nitrogens with zero attached hydrogens (tertiary/aromatic N) is 1. The molecule has 1 unspecified atom stereocenters. The third-order valence-corrected chi connectivity index (χ3v) is 3.52. The number of carboxylic acid groups (broad SMARTS) is 1. The molecule has 1 aliphatic rings. The van der Waals surface area contributed by atoms with Crippen LogP contribution in [0.4, 0.5) is 0 Å². The first kappa shape index (κ1) is 14.0. The number of rotatable bonds is 7. The highest BCUT2D eigenvalue weighted by molar-refractivity contribution is 5.82. The molecular formula is C13H23NO3. The van der Waals surface area contributed by atoms with Crippen LogP contribution in [-0.4, -0.2) is 34.5 Å². The van der Waals surface area contributed by atoms with Crippen LogP contribution in [0.25, 0.3) is 0 Å². The van der Waals surface area contributed by atoms with Crippen LogP contribution in [0, 0.1) is 11.8 Å². The molecule has 0 aliphatic heterocycles. The minimum atomic E-state index is -0.914. The molecule has 4 heteroatoms. The summed E-state index contributed by atoms with van der Waals surface area (Å²) in [4.78, 5) is 24.4. The first-order valence-corrected chi connectivity index (χ1v) is 6.47. The third-order valence-electron chi connectivity index (χ3n) is 3.52. The molecule has 1 rings (SSSR count). The lowest BCUT2D eigenvalue weighted by atomic mass is 9.89. The zero-order valence-electron chi connectivity index (χ0n) is 11.0.